The van der Waals surface area contributed by atoms with Gasteiger partial charge in [-0.15, -0.1) is 11.6 Å². The van der Waals surface area contributed by atoms with E-state index in [1.165, 1.54) is 44.1 Å². The number of halogens is 1. The molecule has 112 valence electrons. The van der Waals surface area contributed by atoms with Crippen LogP contribution in [0.25, 0.3) is 0 Å². The fourth-order valence-corrected chi connectivity index (χ4v) is 3.45. The van der Waals surface area contributed by atoms with E-state index in [0.29, 0.717) is 0 Å². The largest absolute Gasteiger partial charge is 0.491 e. The maximum absolute atomic E-state index is 6.61. The first kappa shape index (κ1) is 15.7. The first-order chi connectivity index (χ1) is 9.65. The highest BCUT2D eigenvalue weighted by Gasteiger charge is 2.18. The van der Waals surface area contributed by atoms with Crippen LogP contribution in [0.1, 0.15) is 69.7 Å². The number of benzene rings is 1. The molecule has 1 saturated carbocycles. The van der Waals surface area contributed by atoms with Crippen molar-refractivity contribution in [2.75, 3.05) is 0 Å². The quantitative estimate of drug-likeness (QED) is 0.470. The van der Waals surface area contributed by atoms with Crippen LogP contribution < -0.4 is 4.74 Å². The van der Waals surface area contributed by atoms with E-state index in [4.69, 9.17) is 16.3 Å². The summed E-state index contributed by atoms with van der Waals surface area (Å²) in [6.45, 7) is 4.09. The first-order valence-electron chi connectivity index (χ1n) is 8.06. The molecule has 1 aromatic rings. The average Bonchev–Trinajstić information content (AvgIpc) is 2.67. The van der Waals surface area contributed by atoms with Crippen LogP contribution in [-0.4, -0.2) is 6.10 Å². The van der Waals surface area contributed by atoms with Gasteiger partial charge in [-0.3, -0.25) is 0 Å². The van der Waals surface area contributed by atoms with Crippen LogP contribution in [0.4, 0.5) is 0 Å². The summed E-state index contributed by atoms with van der Waals surface area (Å²) >= 11 is 6.61. The van der Waals surface area contributed by atoms with Crippen molar-refractivity contribution in [3.63, 3.8) is 0 Å². The molecule has 0 N–H and O–H groups in total. The van der Waals surface area contributed by atoms with Gasteiger partial charge in [0.05, 0.1) is 11.5 Å². The monoisotopic (exact) mass is 294 g/mol. The van der Waals surface area contributed by atoms with E-state index in [1.807, 2.05) is 26.0 Å². The summed E-state index contributed by atoms with van der Waals surface area (Å²) in [6, 6.07) is 8.31. The summed E-state index contributed by atoms with van der Waals surface area (Å²) in [6.07, 6.45) is 9.64. The van der Waals surface area contributed by atoms with E-state index in [-0.39, 0.29) is 11.5 Å². The second kappa shape index (κ2) is 7.93. The summed E-state index contributed by atoms with van der Waals surface area (Å²) in [5.74, 6) is 1.74. The molecule has 20 heavy (non-hydrogen) atoms. The van der Waals surface area contributed by atoms with Crippen LogP contribution in [0.2, 0.25) is 0 Å². The fourth-order valence-electron chi connectivity index (χ4n) is 3.06. The average molecular weight is 295 g/mol. The topological polar surface area (TPSA) is 9.23 Å². The van der Waals surface area contributed by atoms with Gasteiger partial charge in [-0.2, -0.15) is 0 Å². The lowest BCUT2D eigenvalue weighted by molar-refractivity contribution is 0.242. The molecule has 0 saturated heterocycles. The van der Waals surface area contributed by atoms with Gasteiger partial charge in [0.15, 0.2) is 0 Å². The molecule has 0 spiro atoms. The normalized spacial score (nSPS) is 18.8. The molecule has 1 nitrogen and oxygen atoms in total. The van der Waals surface area contributed by atoms with Crippen LogP contribution in [0, 0.1) is 5.92 Å². The number of ether oxygens (including phenoxy) is 1. The second-order valence-corrected chi connectivity index (χ2v) is 6.82. The minimum atomic E-state index is 0.145. The molecule has 1 unspecified atom stereocenters. The third-order valence-electron chi connectivity index (χ3n) is 4.13. The van der Waals surface area contributed by atoms with Crippen LogP contribution >= 0.6 is 11.6 Å². The van der Waals surface area contributed by atoms with E-state index in [1.54, 1.807) is 0 Å². The molecule has 0 heterocycles. The molecule has 2 heteroatoms. The van der Waals surface area contributed by atoms with E-state index in [9.17, 15) is 0 Å². The lowest BCUT2D eigenvalue weighted by Crippen LogP contribution is -2.06. The summed E-state index contributed by atoms with van der Waals surface area (Å²) in [5.41, 5.74) is 1.23. The summed E-state index contributed by atoms with van der Waals surface area (Å²) in [5, 5.41) is 0.145. The molecule has 1 aliphatic carbocycles. The Balaban J connectivity index is 1.89. The van der Waals surface area contributed by atoms with Crippen molar-refractivity contribution < 1.29 is 4.74 Å². The SMILES string of the molecule is CC(C)Oc1ccc(C(Cl)CC2CCCCCC2)cc1. The Hall–Kier alpha value is -0.690. The molecule has 0 bridgehead atoms. The minimum absolute atomic E-state index is 0.145. The maximum atomic E-state index is 6.61. The molecule has 1 aliphatic rings. The molecule has 1 fully saturated rings. The predicted octanol–water partition coefficient (Wildman–Crippen LogP) is 6.11. The van der Waals surface area contributed by atoms with E-state index >= 15 is 0 Å². The van der Waals surface area contributed by atoms with Gasteiger partial charge in [-0.1, -0.05) is 50.7 Å². The fraction of sp³-hybridized carbons (Fsp3) is 0.667. The van der Waals surface area contributed by atoms with Crippen molar-refractivity contribution in [1.29, 1.82) is 0 Å². The molecule has 1 aromatic carbocycles. The Morgan fingerprint density at radius 2 is 1.65 bits per heavy atom. The van der Waals surface area contributed by atoms with Gasteiger partial charge in [-0.05, 0) is 43.9 Å². The van der Waals surface area contributed by atoms with Gasteiger partial charge < -0.3 is 4.74 Å². The van der Waals surface area contributed by atoms with Crippen LogP contribution in [0.5, 0.6) is 5.75 Å². The lowest BCUT2D eigenvalue weighted by Gasteiger charge is -2.18. The van der Waals surface area contributed by atoms with Crippen molar-refractivity contribution in [3.05, 3.63) is 29.8 Å². The third-order valence-corrected chi connectivity index (χ3v) is 4.56. The highest BCUT2D eigenvalue weighted by Crippen LogP contribution is 2.35. The zero-order valence-corrected chi connectivity index (χ0v) is 13.5. The Morgan fingerprint density at radius 3 is 2.20 bits per heavy atom. The Kier molecular flexibility index (Phi) is 6.22. The van der Waals surface area contributed by atoms with Crippen molar-refractivity contribution in [3.8, 4) is 5.75 Å². The van der Waals surface area contributed by atoms with Crippen molar-refractivity contribution in [1.82, 2.24) is 0 Å². The number of rotatable bonds is 5. The van der Waals surface area contributed by atoms with E-state index in [0.717, 1.165) is 18.1 Å². The number of hydrogen-bond acceptors (Lipinski definition) is 1. The standard InChI is InChI=1S/C18H27ClO/c1-14(2)20-17-11-9-16(10-12-17)18(19)13-15-7-5-3-4-6-8-15/h9-12,14-15,18H,3-8,13H2,1-2H3. The molecule has 0 aromatic heterocycles. The van der Waals surface area contributed by atoms with Crippen LogP contribution in [-0.2, 0) is 0 Å². The van der Waals surface area contributed by atoms with Crippen molar-refractivity contribution in [2.45, 2.75) is 70.3 Å². The van der Waals surface area contributed by atoms with E-state index < -0.39 is 0 Å². The lowest BCUT2D eigenvalue weighted by atomic mass is 9.92. The minimum Gasteiger partial charge on any atom is -0.491 e. The van der Waals surface area contributed by atoms with Gasteiger partial charge in [-0.25, -0.2) is 0 Å². The molecule has 1 atom stereocenters. The van der Waals surface area contributed by atoms with E-state index in [2.05, 4.69) is 12.1 Å². The smallest absolute Gasteiger partial charge is 0.119 e. The Labute approximate surface area is 128 Å². The molecule has 2 rings (SSSR count). The highest BCUT2D eigenvalue weighted by atomic mass is 35.5. The number of alkyl halides is 1. The Morgan fingerprint density at radius 1 is 1.05 bits per heavy atom. The molecule has 0 aliphatic heterocycles. The van der Waals surface area contributed by atoms with Gasteiger partial charge in [0.2, 0.25) is 0 Å². The van der Waals surface area contributed by atoms with Gasteiger partial charge in [0.1, 0.15) is 5.75 Å². The van der Waals surface area contributed by atoms with Crippen molar-refractivity contribution >= 4 is 11.6 Å². The van der Waals surface area contributed by atoms with Gasteiger partial charge in [0, 0.05) is 0 Å². The molecular formula is C18H27ClO. The summed E-state index contributed by atoms with van der Waals surface area (Å²) in [7, 11) is 0. The van der Waals surface area contributed by atoms with Gasteiger partial charge in [0.25, 0.3) is 0 Å². The summed E-state index contributed by atoms with van der Waals surface area (Å²) < 4.78 is 5.67. The first-order valence-corrected chi connectivity index (χ1v) is 8.49. The second-order valence-electron chi connectivity index (χ2n) is 6.30. The molecule has 0 radical (unpaired) electrons. The maximum Gasteiger partial charge on any atom is 0.119 e. The predicted molar refractivity (Wildman–Crippen MR) is 86.6 cm³/mol. The zero-order chi connectivity index (χ0) is 14.4. The molecule has 0 amide bonds. The third kappa shape index (κ3) is 5.01. The highest BCUT2D eigenvalue weighted by molar-refractivity contribution is 6.20. The van der Waals surface area contributed by atoms with Crippen molar-refractivity contribution in [2.24, 2.45) is 5.92 Å². The zero-order valence-electron chi connectivity index (χ0n) is 12.8. The summed E-state index contributed by atoms with van der Waals surface area (Å²) in [4.78, 5) is 0. The number of hydrogen-bond donors (Lipinski definition) is 0. The van der Waals surface area contributed by atoms with Crippen LogP contribution in [0.3, 0.4) is 0 Å². The molecular weight excluding hydrogens is 268 g/mol. The Bertz CT molecular complexity index is 377. The van der Waals surface area contributed by atoms with Gasteiger partial charge >= 0.3 is 0 Å². The van der Waals surface area contributed by atoms with Crippen LogP contribution in [0.15, 0.2) is 24.3 Å².